The first-order valence-electron chi connectivity index (χ1n) is 6.71. The average Bonchev–Trinajstić information content (AvgIpc) is 2.95. The number of piperazine rings is 1. The molecule has 3 rings (SSSR count). The van der Waals surface area contributed by atoms with Gasteiger partial charge in [-0.3, -0.25) is 9.80 Å². The zero-order valence-corrected chi connectivity index (χ0v) is 11.0. The van der Waals surface area contributed by atoms with Crippen LogP contribution >= 0.6 is 0 Å². The van der Waals surface area contributed by atoms with E-state index in [0.29, 0.717) is 0 Å². The molecule has 1 aromatic heterocycles. The molecule has 100 valence electrons. The maximum atomic E-state index is 4.15. The first kappa shape index (κ1) is 12.3. The lowest BCUT2D eigenvalue weighted by atomic mass is 10.2. The highest BCUT2D eigenvalue weighted by molar-refractivity contribution is 5.14. The van der Waals surface area contributed by atoms with Gasteiger partial charge in [0.25, 0.3) is 0 Å². The molecule has 0 spiro atoms. The van der Waals surface area contributed by atoms with Gasteiger partial charge >= 0.3 is 0 Å². The molecule has 0 amide bonds. The van der Waals surface area contributed by atoms with Crippen molar-refractivity contribution in [1.82, 2.24) is 24.6 Å². The monoisotopic (exact) mass is 257 g/mol. The maximum absolute atomic E-state index is 4.15. The highest BCUT2D eigenvalue weighted by Gasteiger charge is 2.16. The summed E-state index contributed by atoms with van der Waals surface area (Å²) in [6.07, 6.45) is 3.36. The van der Waals surface area contributed by atoms with Gasteiger partial charge in [0.2, 0.25) is 0 Å². The van der Waals surface area contributed by atoms with Crippen molar-refractivity contribution < 1.29 is 0 Å². The van der Waals surface area contributed by atoms with Gasteiger partial charge in [-0.2, -0.15) is 5.10 Å². The SMILES string of the molecule is c1ccc(CN2CCN(Cn3cncn3)CC2)cc1. The summed E-state index contributed by atoms with van der Waals surface area (Å²) in [5.41, 5.74) is 1.40. The molecule has 0 bridgehead atoms. The van der Waals surface area contributed by atoms with Crippen LogP contribution in [0.2, 0.25) is 0 Å². The third kappa shape index (κ3) is 3.39. The second-order valence-corrected chi connectivity index (χ2v) is 4.96. The van der Waals surface area contributed by atoms with E-state index in [2.05, 4.69) is 50.2 Å². The van der Waals surface area contributed by atoms with Crippen molar-refractivity contribution in [3.05, 3.63) is 48.5 Å². The van der Waals surface area contributed by atoms with Gasteiger partial charge in [-0.15, -0.1) is 0 Å². The zero-order chi connectivity index (χ0) is 12.9. The van der Waals surface area contributed by atoms with Crippen LogP contribution in [0.3, 0.4) is 0 Å². The largest absolute Gasteiger partial charge is 0.297 e. The van der Waals surface area contributed by atoms with E-state index >= 15 is 0 Å². The number of hydrogen-bond acceptors (Lipinski definition) is 4. The number of benzene rings is 1. The molecule has 0 radical (unpaired) electrons. The van der Waals surface area contributed by atoms with Crippen molar-refractivity contribution in [3.8, 4) is 0 Å². The maximum Gasteiger partial charge on any atom is 0.137 e. The Hall–Kier alpha value is -1.72. The Bertz CT molecular complexity index is 474. The second kappa shape index (κ2) is 5.95. The van der Waals surface area contributed by atoms with Crippen LogP contribution in [0.1, 0.15) is 5.56 Å². The van der Waals surface area contributed by atoms with E-state index in [9.17, 15) is 0 Å². The smallest absolute Gasteiger partial charge is 0.137 e. The van der Waals surface area contributed by atoms with Gasteiger partial charge in [-0.1, -0.05) is 30.3 Å². The molecule has 1 saturated heterocycles. The van der Waals surface area contributed by atoms with Gasteiger partial charge in [0.15, 0.2) is 0 Å². The van der Waals surface area contributed by atoms with Gasteiger partial charge in [0, 0.05) is 32.7 Å². The fraction of sp³-hybridized carbons (Fsp3) is 0.429. The second-order valence-electron chi connectivity index (χ2n) is 4.96. The lowest BCUT2D eigenvalue weighted by molar-refractivity contribution is 0.0987. The minimum Gasteiger partial charge on any atom is -0.297 e. The molecule has 1 aliphatic heterocycles. The van der Waals surface area contributed by atoms with E-state index in [1.165, 1.54) is 5.56 Å². The van der Waals surface area contributed by atoms with E-state index in [4.69, 9.17) is 0 Å². The van der Waals surface area contributed by atoms with Crippen LogP contribution in [-0.4, -0.2) is 50.7 Å². The van der Waals surface area contributed by atoms with Crippen LogP contribution in [-0.2, 0) is 13.2 Å². The van der Waals surface area contributed by atoms with Crippen molar-refractivity contribution >= 4 is 0 Å². The van der Waals surface area contributed by atoms with Gasteiger partial charge in [-0.25, -0.2) is 9.67 Å². The molecule has 0 atom stereocenters. The van der Waals surface area contributed by atoms with Gasteiger partial charge in [0.05, 0.1) is 6.67 Å². The van der Waals surface area contributed by atoms with Gasteiger partial charge in [-0.05, 0) is 5.56 Å². The molecular weight excluding hydrogens is 238 g/mol. The van der Waals surface area contributed by atoms with Crippen molar-refractivity contribution in [2.24, 2.45) is 0 Å². The van der Waals surface area contributed by atoms with E-state index in [0.717, 1.165) is 39.4 Å². The third-order valence-electron chi connectivity index (χ3n) is 3.53. The molecule has 5 heteroatoms. The number of aromatic nitrogens is 3. The zero-order valence-electron chi connectivity index (χ0n) is 11.0. The average molecular weight is 257 g/mol. The molecule has 19 heavy (non-hydrogen) atoms. The molecule has 0 N–H and O–H groups in total. The normalized spacial score (nSPS) is 17.7. The van der Waals surface area contributed by atoms with Crippen molar-refractivity contribution in [2.45, 2.75) is 13.2 Å². The van der Waals surface area contributed by atoms with Crippen LogP contribution in [0.25, 0.3) is 0 Å². The molecule has 0 aliphatic carbocycles. The van der Waals surface area contributed by atoms with Crippen LogP contribution < -0.4 is 0 Å². The molecule has 1 fully saturated rings. The highest BCUT2D eigenvalue weighted by atomic mass is 15.4. The highest BCUT2D eigenvalue weighted by Crippen LogP contribution is 2.08. The first-order chi connectivity index (χ1) is 9.40. The molecule has 1 aromatic carbocycles. The number of rotatable bonds is 4. The molecule has 1 aliphatic rings. The number of nitrogens with zero attached hydrogens (tertiary/aromatic N) is 5. The van der Waals surface area contributed by atoms with E-state index in [-0.39, 0.29) is 0 Å². The fourth-order valence-corrected chi connectivity index (χ4v) is 2.44. The quantitative estimate of drug-likeness (QED) is 0.820. The summed E-state index contributed by atoms with van der Waals surface area (Å²) in [4.78, 5) is 8.89. The Morgan fingerprint density at radius 2 is 1.68 bits per heavy atom. The molecular formula is C14H19N5. The Morgan fingerprint density at radius 3 is 2.37 bits per heavy atom. The third-order valence-corrected chi connectivity index (χ3v) is 3.53. The van der Waals surface area contributed by atoms with Gasteiger partial charge in [0.1, 0.15) is 12.7 Å². The minimum absolute atomic E-state index is 0.846. The van der Waals surface area contributed by atoms with Crippen LogP contribution in [0, 0.1) is 0 Å². The van der Waals surface area contributed by atoms with Crippen LogP contribution in [0.4, 0.5) is 0 Å². The topological polar surface area (TPSA) is 37.2 Å². The Kier molecular flexibility index (Phi) is 3.86. The van der Waals surface area contributed by atoms with Crippen molar-refractivity contribution in [1.29, 1.82) is 0 Å². The number of hydrogen-bond donors (Lipinski definition) is 0. The van der Waals surface area contributed by atoms with Crippen LogP contribution in [0.15, 0.2) is 43.0 Å². The Labute approximate surface area is 113 Å². The summed E-state index contributed by atoms with van der Waals surface area (Å²) in [5, 5.41) is 4.15. The first-order valence-corrected chi connectivity index (χ1v) is 6.71. The molecule has 2 heterocycles. The van der Waals surface area contributed by atoms with E-state index in [1.54, 1.807) is 12.7 Å². The van der Waals surface area contributed by atoms with Crippen molar-refractivity contribution in [3.63, 3.8) is 0 Å². The predicted octanol–water partition coefficient (Wildman–Crippen LogP) is 1.05. The summed E-state index contributed by atoms with van der Waals surface area (Å²) in [6, 6.07) is 10.7. The standard InChI is InChI=1S/C14H19N5/c1-2-4-14(5-3-1)10-17-6-8-18(9-7-17)13-19-12-15-11-16-19/h1-5,11-12H,6-10,13H2. The molecule has 0 saturated carbocycles. The Balaban J connectivity index is 1.47. The lowest BCUT2D eigenvalue weighted by Gasteiger charge is -2.34. The molecule has 2 aromatic rings. The summed E-state index contributed by atoms with van der Waals surface area (Å²) >= 11 is 0. The minimum atomic E-state index is 0.846. The van der Waals surface area contributed by atoms with E-state index in [1.807, 2.05) is 4.68 Å². The summed E-state index contributed by atoms with van der Waals surface area (Å²) in [6.45, 7) is 6.31. The summed E-state index contributed by atoms with van der Waals surface area (Å²) < 4.78 is 1.88. The van der Waals surface area contributed by atoms with Crippen molar-refractivity contribution in [2.75, 3.05) is 26.2 Å². The summed E-state index contributed by atoms with van der Waals surface area (Å²) in [7, 11) is 0. The molecule has 0 unspecified atom stereocenters. The predicted molar refractivity (Wildman–Crippen MR) is 73.3 cm³/mol. The van der Waals surface area contributed by atoms with Gasteiger partial charge < -0.3 is 0 Å². The van der Waals surface area contributed by atoms with E-state index < -0.39 is 0 Å². The molecule has 5 nitrogen and oxygen atoms in total. The van der Waals surface area contributed by atoms with Crippen LogP contribution in [0.5, 0.6) is 0 Å². The lowest BCUT2D eigenvalue weighted by Crippen LogP contribution is -2.46. The summed E-state index contributed by atoms with van der Waals surface area (Å²) in [5.74, 6) is 0. The Morgan fingerprint density at radius 1 is 0.947 bits per heavy atom. The fourth-order valence-electron chi connectivity index (χ4n) is 2.44.